The molecule has 192 valence electrons. The summed E-state index contributed by atoms with van der Waals surface area (Å²) in [7, 11) is 0. The molecule has 1 spiro atoms. The van der Waals surface area contributed by atoms with Crippen LogP contribution >= 0.6 is 11.3 Å². The molecule has 3 aromatic rings. The summed E-state index contributed by atoms with van der Waals surface area (Å²) in [5, 5.41) is 4.93. The molecule has 1 atom stereocenters. The van der Waals surface area contributed by atoms with Gasteiger partial charge in [0.15, 0.2) is 0 Å². The highest BCUT2D eigenvalue weighted by Crippen LogP contribution is 2.39. The van der Waals surface area contributed by atoms with Crippen LogP contribution in [0.1, 0.15) is 39.2 Å². The average Bonchev–Trinajstić information content (AvgIpc) is 3.56. The minimum Gasteiger partial charge on any atom is -0.353 e. The molecule has 1 aromatic carbocycles. The minimum atomic E-state index is -0.933. The first-order valence-corrected chi connectivity index (χ1v) is 13.3. The molecule has 4 heterocycles. The fourth-order valence-corrected chi connectivity index (χ4v) is 5.79. The van der Waals surface area contributed by atoms with E-state index in [4.69, 9.17) is 4.74 Å². The van der Waals surface area contributed by atoms with Gasteiger partial charge < -0.3 is 15.0 Å². The van der Waals surface area contributed by atoms with E-state index in [1.165, 1.54) is 0 Å². The molecule has 2 aliphatic rings. The van der Waals surface area contributed by atoms with Gasteiger partial charge in [0.05, 0.1) is 13.0 Å². The topological polar surface area (TPSA) is 91.8 Å². The Balaban J connectivity index is 1.35. The third-order valence-electron chi connectivity index (χ3n) is 7.18. The molecule has 2 aromatic heterocycles. The number of rotatable bonds is 6. The van der Waals surface area contributed by atoms with Gasteiger partial charge in [-0.3, -0.25) is 24.3 Å². The van der Waals surface area contributed by atoms with Crippen molar-refractivity contribution in [2.45, 2.75) is 44.5 Å². The molecule has 8 nitrogen and oxygen atoms in total. The molecule has 0 saturated carbocycles. The molecule has 0 radical (unpaired) electrons. The Kier molecular flexibility index (Phi) is 7.34. The van der Waals surface area contributed by atoms with Gasteiger partial charge in [0.2, 0.25) is 11.8 Å². The van der Waals surface area contributed by atoms with E-state index >= 15 is 0 Å². The number of nitrogens with zero attached hydrogens (tertiary/aromatic N) is 3. The second-order valence-corrected chi connectivity index (χ2v) is 10.5. The normalized spacial score (nSPS) is 18.7. The molecule has 0 bridgehead atoms. The zero-order valence-corrected chi connectivity index (χ0v) is 21.6. The number of hydrogen-bond acceptors (Lipinski definition) is 6. The summed E-state index contributed by atoms with van der Waals surface area (Å²) in [6.07, 6.45) is 4.63. The summed E-state index contributed by atoms with van der Waals surface area (Å²) in [5.74, 6) is -0.413. The number of thiophene rings is 1. The van der Waals surface area contributed by atoms with Crippen LogP contribution in [0.4, 0.5) is 0 Å². The zero-order valence-electron chi connectivity index (χ0n) is 20.8. The van der Waals surface area contributed by atoms with E-state index in [1.54, 1.807) is 34.7 Å². The Morgan fingerprint density at radius 2 is 1.84 bits per heavy atom. The summed E-state index contributed by atoms with van der Waals surface area (Å²) in [4.78, 5) is 48.7. The first-order chi connectivity index (χ1) is 18.0. The molecule has 3 amide bonds. The highest BCUT2D eigenvalue weighted by molar-refractivity contribution is 7.10. The van der Waals surface area contributed by atoms with Gasteiger partial charge in [0.1, 0.15) is 11.8 Å². The lowest BCUT2D eigenvalue weighted by Gasteiger charge is -2.44. The lowest BCUT2D eigenvalue weighted by atomic mass is 9.95. The molecular formula is C28H30N4O4S. The van der Waals surface area contributed by atoms with Crippen molar-refractivity contribution in [1.82, 2.24) is 20.1 Å². The molecule has 5 rings (SSSR count). The predicted molar refractivity (Wildman–Crippen MR) is 140 cm³/mol. The van der Waals surface area contributed by atoms with Crippen molar-refractivity contribution in [2.24, 2.45) is 0 Å². The Hall–Kier alpha value is -3.56. The van der Waals surface area contributed by atoms with Crippen LogP contribution in [0.3, 0.4) is 0 Å². The molecule has 0 aliphatic carbocycles. The number of carbonyl (C=O) groups is 3. The van der Waals surface area contributed by atoms with Gasteiger partial charge in [0.25, 0.3) is 5.91 Å². The van der Waals surface area contributed by atoms with Gasteiger partial charge in [-0.2, -0.15) is 0 Å². The number of carbonyl (C=O) groups excluding carboxylic acids is 3. The molecule has 2 fully saturated rings. The van der Waals surface area contributed by atoms with Crippen molar-refractivity contribution in [2.75, 3.05) is 19.7 Å². The second-order valence-electron chi connectivity index (χ2n) is 9.47. The SMILES string of the molecule is Cc1ccccc1C(=O)N1C(C(=O)NCc2ccncc2)COC12CCN(C(=O)Cc1cccs1)CC2. The number of pyridine rings is 1. The van der Waals surface area contributed by atoms with Gasteiger partial charge in [0, 0.05) is 55.3 Å². The first kappa shape index (κ1) is 25.1. The highest BCUT2D eigenvalue weighted by Gasteiger charge is 2.54. The Morgan fingerprint density at radius 3 is 2.54 bits per heavy atom. The van der Waals surface area contributed by atoms with Crippen LogP contribution in [0.5, 0.6) is 0 Å². The lowest BCUT2D eigenvalue weighted by molar-refractivity contribution is -0.143. The van der Waals surface area contributed by atoms with E-state index in [1.807, 2.05) is 59.7 Å². The van der Waals surface area contributed by atoms with E-state index in [9.17, 15) is 14.4 Å². The van der Waals surface area contributed by atoms with Crippen molar-refractivity contribution in [1.29, 1.82) is 0 Å². The van der Waals surface area contributed by atoms with Crippen LogP contribution in [0, 0.1) is 6.92 Å². The summed E-state index contributed by atoms with van der Waals surface area (Å²) >= 11 is 1.57. The molecule has 2 saturated heterocycles. The fourth-order valence-electron chi connectivity index (χ4n) is 5.10. The number of aromatic nitrogens is 1. The van der Waals surface area contributed by atoms with Gasteiger partial charge in [-0.05, 0) is 47.7 Å². The third kappa shape index (κ3) is 5.28. The average molecular weight is 519 g/mol. The van der Waals surface area contributed by atoms with Crippen molar-refractivity contribution in [3.05, 3.63) is 87.9 Å². The van der Waals surface area contributed by atoms with E-state index in [2.05, 4.69) is 10.3 Å². The van der Waals surface area contributed by atoms with Crippen molar-refractivity contribution in [3.8, 4) is 0 Å². The van der Waals surface area contributed by atoms with Crippen LogP contribution < -0.4 is 5.32 Å². The highest BCUT2D eigenvalue weighted by atomic mass is 32.1. The van der Waals surface area contributed by atoms with Gasteiger partial charge in [-0.25, -0.2) is 0 Å². The maximum Gasteiger partial charge on any atom is 0.257 e. The number of amides is 3. The maximum absolute atomic E-state index is 13.9. The number of nitrogens with one attached hydrogen (secondary N) is 1. The van der Waals surface area contributed by atoms with E-state index in [-0.39, 0.29) is 24.3 Å². The third-order valence-corrected chi connectivity index (χ3v) is 8.05. The van der Waals surface area contributed by atoms with Crippen LogP contribution in [-0.4, -0.2) is 64.0 Å². The van der Waals surface area contributed by atoms with Crippen LogP contribution in [0.15, 0.2) is 66.3 Å². The molecule has 37 heavy (non-hydrogen) atoms. The molecule has 1 unspecified atom stereocenters. The molecule has 2 aliphatic heterocycles. The second kappa shape index (κ2) is 10.8. The first-order valence-electron chi connectivity index (χ1n) is 12.5. The summed E-state index contributed by atoms with van der Waals surface area (Å²) < 4.78 is 6.29. The number of hydrogen-bond donors (Lipinski definition) is 1. The van der Waals surface area contributed by atoms with Gasteiger partial charge in [-0.15, -0.1) is 11.3 Å². The number of piperidine rings is 1. The number of aryl methyl sites for hydroxylation is 1. The Bertz CT molecular complexity index is 1260. The Labute approximate surface area is 220 Å². The van der Waals surface area contributed by atoms with Crippen molar-refractivity contribution < 1.29 is 19.1 Å². The van der Waals surface area contributed by atoms with Gasteiger partial charge in [-0.1, -0.05) is 24.3 Å². The Morgan fingerprint density at radius 1 is 1.08 bits per heavy atom. The standard InChI is InChI=1S/C28H30N4O4S/c1-20-5-2-3-7-23(20)27(35)32-24(26(34)30-18-21-8-12-29-13-9-21)19-36-28(32)10-14-31(15-11-28)25(33)17-22-6-4-16-37-22/h2-9,12-13,16,24H,10-11,14-15,17-19H2,1H3,(H,30,34). The van der Waals surface area contributed by atoms with Crippen molar-refractivity contribution in [3.63, 3.8) is 0 Å². The summed E-state index contributed by atoms with van der Waals surface area (Å²) in [6, 6.07) is 14.2. The molecule has 1 N–H and O–H groups in total. The lowest BCUT2D eigenvalue weighted by Crippen LogP contribution is -2.60. The monoisotopic (exact) mass is 518 g/mol. The van der Waals surface area contributed by atoms with E-state index < -0.39 is 11.8 Å². The molecular weight excluding hydrogens is 488 g/mol. The zero-order chi connectivity index (χ0) is 25.8. The van der Waals surface area contributed by atoms with Crippen molar-refractivity contribution >= 4 is 29.1 Å². The van der Waals surface area contributed by atoms with Crippen LogP contribution in [-0.2, 0) is 27.3 Å². The van der Waals surface area contributed by atoms with Gasteiger partial charge >= 0.3 is 0 Å². The predicted octanol–water partition coefficient (Wildman–Crippen LogP) is 3.17. The van der Waals surface area contributed by atoms with Crippen LogP contribution in [0.2, 0.25) is 0 Å². The number of ether oxygens (including phenoxy) is 1. The number of benzene rings is 1. The minimum absolute atomic E-state index is 0.0683. The summed E-state index contributed by atoms with van der Waals surface area (Å²) in [5.41, 5.74) is 1.38. The van der Waals surface area contributed by atoms with E-state index in [0.29, 0.717) is 44.5 Å². The van der Waals surface area contributed by atoms with Crippen LogP contribution in [0.25, 0.3) is 0 Å². The van der Waals surface area contributed by atoms with E-state index in [0.717, 1.165) is 16.0 Å². The molecule has 9 heteroatoms. The summed E-state index contributed by atoms with van der Waals surface area (Å²) in [6.45, 7) is 3.27. The maximum atomic E-state index is 13.9. The number of likely N-dealkylation sites (tertiary alicyclic amines) is 1. The quantitative estimate of drug-likeness (QED) is 0.541. The largest absolute Gasteiger partial charge is 0.353 e. The fraction of sp³-hybridized carbons (Fsp3) is 0.357. The smallest absolute Gasteiger partial charge is 0.257 e.